The van der Waals surface area contributed by atoms with E-state index in [4.69, 9.17) is 4.74 Å². The average molecular weight is 441 g/mol. The number of thioether (sulfide) groups is 1. The molecule has 2 aromatic carbocycles. The van der Waals surface area contributed by atoms with Crippen molar-refractivity contribution in [3.8, 4) is 5.75 Å². The molecule has 1 fully saturated rings. The van der Waals surface area contributed by atoms with Crippen molar-refractivity contribution in [3.05, 3.63) is 69.8 Å². The van der Waals surface area contributed by atoms with E-state index in [0.29, 0.717) is 17.3 Å². The number of methoxy groups -OCH3 is 1. The third-order valence-corrected chi connectivity index (χ3v) is 6.01. The fourth-order valence-electron chi connectivity index (χ4n) is 3.08. The van der Waals surface area contributed by atoms with Crippen molar-refractivity contribution in [2.24, 2.45) is 10.2 Å². The molecule has 0 N–H and O–H groups in total. The number of rotatable bonds is 9. The topological polar surface area (TPSA) is 97.4 Å². The van der Waals surface area contributed by atoms with Gasteiger partial charge in [0, 0.05) is 17.7 Å². The molecule has 1 amide bonds. The first-order valence-electron chi connectivity index (χ1n) is 9.98. The number of benzene rings is 2. The van der Waals surface area contributed by atoms with Crippen LogP contribution in [0.4, 0.5) is 5.69 Å². The van der Waals surface area contributed by atoms with Crippen LogP contribution in [-0.4, -0.2) is 39.5 Å². The Morgan fingerprint density at radius 2 is 2.03 bits per heavy atom. The first kappa shape index (κ1) is 22.5. The zero-order valence-electron chi connectivity index (χ0n) is 17.4. The van der Waals surface area contributed by atoms with E-state index in [0.717, 1.165) is 30.6 Å². The molecule has 0 aromatic heterocycles. The number of hydrogen-bond acceptors (Lipinski definition) is 7. The van der Waals surface area contributed by atoms with Crippen molar-refractivity contribution >= 4 is 34.7 Å². The number of nitrogens with zero attached hydrogens (tertiary/aromatic N) is 4. The number of unbranched alkanes of at least 4 members (excludes halogenated alkanes) is 1. The number of carbonyl (C=O) groups is 1. The second kappa shape index (κ2) is 10.7. The Morgan fingerprint density at radius 1 is 1.26 bits per heavy atom. The second-order valence-electron chi connectivity index (χ2n) is 7.00. The predicted molar refractivity (Wildman–Crippen MR) is 123 cm³/mol. The summed E-state index contributed by atoms with van der Waals surface area (Å²) in [7, 11) is 1.61. The van der Waals surface area contributed by atoms with E-state index in [9.17, 15) is 14.9 Å². The van der Waals surface area contributed by atoms with Gasteiger partial charge in [-0.25, -0.2) is 0 Å². The summed E-state index contributed by atoms with van der Waals surface area (Å²) in [4.78, 5) is 25.1. The summed E-state index contributed by atoms with van der Waals surface area (Å²) < 4.78 is 5.19. The van der Waals surface area contributed by atoms with Crippen LogP contribution < -0.4 is 4.74 Å². The maximum Gasteiger partial charge on any atom is 0.270 e. The summed E-state index contributed by atoms with van der Waals surface area (Å²) in [6, 6.07) is 13.7. The number of non-ortho nitro benzene ring substituents is 1. The first-order valence-corrected chi connectivity index (χ1v) is 10.9. The Balaban J connectivity index is 1.80. The molecule has 31 heavy (non-hydrogen) atoms. The summed E-state index contributed by atoms with van der Waals surface area (Å²) in [5.74, 6) is 0.778. The monoisotopic (exact) mass is 440 g/mol. The van der Waals surface area contributed by atoms with Crippen molar-refractivity contribution in [2.45, 2.75) is 38.0 Å². The van der Waals surface area contributed by atoms with Crippen LogP contribution in [-0.2, 0) is 11.3 Å². The smallest absolute Gasteiger partial charge is 0.270 e. The molecule has 162 valence electrons. The highest BCUT2D eigenvalue weighted by Gasteiger charge is 2.37. The molecule has 8 nitrogen and oxygen atoms in total. The van der Waals surface area contributed by atoms with Gasteiger partial charge in [-0.3, -0.25) is 19.8 Å². The van der Waals surface area contributed by atoms with Gasteiger partial charge in [-0.15, -0.1) is 5.10 Å². The minimum absolute atomic E-state index is 0.0113. The van der Waals surface area contributed by atoms with Crippen LogP contribution in [0, 0.1) is 10.1 Å². The molecule has 9 heteroatoms. The molecular weight excluding hydrogens is 416 g/mol. The van der Waals surface area contributed by atoms with Crippen LogP contribution in [0.25, 0.3) is 0 Å². The Bertz CT molecular complexity index is 991. The van der Waals surface area contributed by atoms with Crippen LogP contribution in [0.3, 0.4) is 0 Å². The molecule has 0 saturated carbocycles. The van der Waals surface area contributed by atoms with E-state index >= 15 is 0 Å². The summed E-state index contributed by atoms with van der Waals surface area (Å²) in [6.45, 7) is 2.49. The Morgan fingerprint density at radius 3 is 2.71 bits per heavy atom. The number of ether oxygens (including phenoxy) is 1. The van der Waals surface area contributed by atoms with Gasteiger partial charge >= 0.3 is 0 Å². The number of hydrogen-bond donors (Lipinski definition) is 0. The van der Waals surface area contributed by atoms with Gasteiger partial charge in [-0.2, -0.15) is 5.10 Å². The largest absolute Gasteiger partial charge is 0.497 e. The van der Waals surface area contributed by atoms with Gasteiger partial charge in [-0.1, -0.05) is 55.8 Å². The highest BCUT2D eigenvalue weighted by atomic mass is 32.2. The van der Waals surface area contributed by atoms with Gasteiger partial charge in [0.25, 0.3) is 5.69 Å². The lowest BCUT2D eigenvalue weighted by molar-refractivity contribution is -0.384. The van der Waals surface area contributed by atoms with Gasteiger partial charge in [-0.05, 0) is 24.1 Å². The predicted octanol–water partition coefficient (Wildman–Crippen LogP) is 4.63. The molecule has 0 bridgehead atoms. The quantitative estimate of drug-likeness (QED) is 0.322. The van der Waals surface area contributed by atoms with Gasteiger partial charge < -0.3 is 4.74 Å². The summed E-state index contributed by atoms with van der Waals surface area (Å²) >= 11 is 1.42. The van der Waals surface area contributed by atoms with Crippen molar-refractivity contribution in [3.63, 3.8) is 0 Å². The third kappa shape index (κ3) is 5.91. The second-order valence-corrected chi connectivity index (χ2v) is 8.17. The van der Waals surface area contributed by atoms with Gasteiger partial charge in [0.05, 0.1) is 30.0 Å². The standard InChI is InChI=1S/C22H24N4O4S/c1-3-4-8-20-21(27)25(15-16-9-11-19(30-2)12-10-16)22(31-20)24-23-14-17-6-5-7-18(13-17)26(28)29/h5-7,9-14,20H,3-4,8,15H2,1-2H3/b23-14-,24-22-/t20-/m1/s1. The van der Waals surface area contributed by atoms with Crippen LogP contribution in [0.5, 0.6) is 5.75 Å². The number of carbonyl (C=O) groups excluding carboxylic acids is 1. The molecule has 2 aromatic rings. The van der Waals surface area contributed by atoms with Crippen molar-refractivity contribution in [1.82, 2.24) is 4.90 Å². The molecule has 0 unspecified atom stereocenters. The van der Waals surface area contributed by atoms with Crippen LogP contribution in [0.2, 0.25) is 0 Å². The van der Waals surface area contributed by atoms with E-state index in [2.05, 4.69) is 17.1 Å². The maximum atomic E-state index is 13.0. The molecule has 1 heterocycles. The lowest BCUT2D eigenvalue weighted by Gasteiger charge is -2.16. The molecule has 3 rings (SSSR count). The van der Waals surface area contributed by atoms with Gasteiger partial charge in [0.2, 0.25) is 5.91 Å². The third-order valence-electron chi connectivity index (χ3n) is 4.77. The zero-order chi connectivity index (χ0) is 22.2. The van der Waals surface area contributed by atoms with E-state index in [1.54, 1.807) is 24.1 Å². The number of amides is 1. The highest BCUT2D eigenvalue weighted by molar-refractivity contribution is 8.15. The van der Waals surface area contributed by atoms with Crippen molar-refractivity contribution < 1.29 is 14.5 Å². The zero-order valence-corrected chi connectivity index (χ0v) is 18.2. The minimum Gasteiger partial charge on any atom is -0.497 e. The van der Waals surface area contributed by atoms with E-state index in [1.165, 1.54) is 30.1 Å². The van der Waals surface area contributed by atoms with Gasteiger partial charge in [0.1, 0.15) is 5.75 Å². The summed E-state index contributed by atoms with van der Waals surface area (Å²) in [5, 5.41) is 19.7. The number of amidine groups is 1. The molecular formula is C22H24N4O4S. The molecule has 0 spiro atoms. The van der Waals surface area contributed by atoms with E-state index in [1.807, 2.05) is 24.3 Å². The first-order chi connectivity index (χ1) is 15.0. The highest BCUT2D eigenvalue weighted by Crippen LogP contribution is 2.32. The molecule has 1 atom stereocenters. The van der Waals surface area contributed by atoms with Crippen LogP contribution >= 0.6 is 11.8 Å². The van der Waals surface area contributed by atoms with Crippen molar-refractivity contribution in [2.75, 3.05) is 7.11 Å². The van der Waals surface area contributed by atoms with Gasteiger partial charge in [0.15, 0.2) is 5.17 Å². The Labute approximate surface area is 185 Å². The Kier molecular flexibility index (Phi) is 7.77. The number of nitro benzene ring substituents is 1. The van der Waals surface area contributed by atoms with Crippen LogP contribution in [0.1, 0.15) is 37.3 Å². The average Bonchev–Trinajstić information content (AvgIpc) is 3.07. The fourth-order valence-corrected chi connectivity index (χ4v) is 4.22. The molecule has 1 aliphatic rings. The van der Waals surface area contributed by atoms with E-state index in [-0.39, 0.29) is 16.8 Å². The molecule has 0 aliphatic carbocycles. The Hall–Kier alpha value is -3.20. The lowest BCUT2D eigenvalue weighted by Crippen LogP contribution is -2.31. The lowest BCUT2D eigenvalue weighted by atomic mass is 10.1. The van der Waals surface area contributed by atoms with E-state index < -0.39 is 4.92 Å². The molecule has 0 radical (unpaired) electrons. The summed E-state index contributed by atoms with van der Waals surface area (Å²) in [5.41, 5.74) is 1.51. The molecule has 1 saturated heterocycles. The van der Waals surface area contributed by atoms with Crippen molar-refractivity contribution in [1.29, 1.82) is 0 Å². The normalized spacial score (nSPS) is 17.6. The SMILES string of the molecule is CCCC[C@H]1S/C(=N\N=C/c2cccc([N+](=O)[O-])c2)N(Cc2ccc(OC)cc2)C1=O. The fraction of sp³-hybridized carbons (Fsp3) is 0.318. The maximum absolute atomic E-state index is 13.0. The number of nitro groups is 1. The minimum atomic E-state index is -0.455. The van der Waals surface area contributed by atoms with Crippen LogP contribution in [0.15, 0.2) is 58.7 Å². The molecule has 1 aliphatic heterocycles. The summed E-state index contributed by atoms with van der Waals surface area (Å²) in [6.07, 6.45) is 4.22.